The number of pyridine rings is 1. The molecule has 0 bridgehead atoms. The minimum atomic E-state index is -0.488. The summed E-state index contributed by atoms with van der Waals surface area (Å²) in [6.07, 6.45) is 3.07. The minimum absolute atomic E-state index is 0.463. The molecule has 2 N–H and O–H groups in total. The van der Waals surface area contributed by atoms with E-state index >= 15 is 0 Å². The lowest BCUT2D eigenvalue weighted by atomic mass is 10.1. The van der Waals surface area contributed by atoms with Crippen LogP contribution in [0.25, 0.3) is 0 Å². The van der Waals surface area contributed by atoms with Crippen molar-refractivity contribution < 1.29 is 9.47 Å². The van der Waals surface area contributed by atoms with Crippen molar-refractivity contribution in [3.8, 4) is 11.6 Å². The number of methoxy groups -OCH3 is 2. The highest BCUT2D eigenvalue weighted by Gasteiger charge is 2.17. The standard InChI is InChI=1S/C12H14N4O2/c1-17-9-4-3-5-14-12(9)11(13)8-6-10(18-2)16-7-15-8/h3-7,11H,13H2,1-2H3. The Kier molecular flexibility index (Phi) is 3.69. The van der Waals surface area contributed by atoms with Gasteiger partial charge < -0.3 is 15.2 Å². The average molecular weight is 246 g/mol. The highest BCUT2D eigenvalue weighted by atomic mass is 16.5. The summed E-state index contributed by atoms with van der Waals surface area (Å²) in [5.74, 6) is 1.09. The van der Waals surface area contributed by atoms with Gasteiger partial charge in [-0.1, -0.05) is 0 Å². The molecule has 0 fully saturated rings. The zero-order valence-electron chi connectivity index (χ0n) is 10.2. The Balaban J connectivity index is 2.37. The van der Waals surface area contributed by atoms with Crippen LogP contribution in [-0.4, -0.2) is 29.2 Å². The second kappa shape index (κ2) is 5.42. The van der Waals surface area contributed by atoms with Gasteiger partial charge in [0.2, 0.25) is 5.88 Å². The Morgan fingerprint density at radius 2 is 2.00 bits per heavy atom. The third-order valence-corrected chi connectivity index (χ3v) is 2.51. The van der Waals surface area contributed by atoms with E-state index in [0.717, 1.165) is 0 Å². The van der Waals surface area contributed by atoms with Gasteiger partial charge in [0.1, 0.15) is 17.8 Å². The topological polar surface area (TPSA) is 83.2 Å². The summed E-state index contributed by atoms with van der Waals surface area (Å²) in [5, 5.41) is 0. The second-order valence-corrected chi connectivity index (χ2v) is 3.55. The summed E-state index contributed by atoms with van der Waals surface area (Å²) in [7, 11) is 3.12. The van der Waals surface area contributed by atoms with Gasteiger partial charge in [-0.2, -0.15) is 0 Å². The van der Waals surface area contributed by atoms with Gasteiger partial charge in [-0.05, 0) is 12.1 Å². The number of aromatic nitrogens is 3. The van der Waals surface area contributed by atoms with Crippen LogP contribution in [-0.2, 0) is 0 Å². The van der Waals surface area contributed by atoms with Crippen LogP contribution in [0.5, 0.6) is 11.6 Å². The predicted octanol–water partition coefficient (Wildman–Crippen LogP) is 0.937. The maximum absolute atomic E-state index is 6.13. The van der Waals surface area contributed by atoms with Crippen LogP contribution >= 0.6 is 0 Å². The Hall–Kier alpha value is -2.21. The normalized spacial score (nSPS) is 11.9. The van der Waals surface area contributed by atoms with Gasteiger partial charge >= 0.3 is 0 Å². The maximum atomic E-state index is 6.13. The average Bonchev–Trinajstić information content (AvgIpc) is 2.46. The molecule has 0 aliphatic carbocycles. The van der Waals surface area contributed by atoms with E-state index in [0.29, 0.717) is 23.0 Å². The summed E-state index contributed by atoms with van der Waals surface area (Å²) >= 11 is 0. The van der Waals surface area contributed by atoms with Crippen molar-refractivity contribution in [2.45, 2.75) is 6.04 Å². The Bertz CT molecular complexity index is 533. The van der Waals surface area contributed by atoms with Crippen molar-refractivity contribution in [2.75, 3.05) is 14.2 Å². The highest BCUT2D eigenvalue weighted by Crippen LogP contribution is 2.25. The highest BCUT2D eigenvalue weighted by molar-refractivity contribution is 5.34. The molecule has 2 aromatic heterocycles. The smallest absolute Gasteiger partial charge is 0.216 e. The molecule has 2 aromatic rings. The van der Waals surface area contributed by atoms with Crippen molar-refractivity contribution >= 4 is 0 Å². The first-order chi connectivity index (χ1) is 8.76. The van der Waals surface area contributed by atoms with Crippen molar-refractivity contribution in [3.05, 3.63) is 42.1 Å². The molecular formula is C12H14N4O2. The second-order valence-electron chi connectivity index (χ2n) is 3.55. The summed E-state index contributed by atoms with van der Waals surface area (Å²) in [4.78, 5) is 12.3. The fourth-order valence-electron chi connectivity index (χ4n) is 1.58. The molecule has 18 heavy (non-hydrogen) atoms. The van der Waals surface area contributed by atoms with Gasteiger partial charge in [-0.25, -0.2) is 9.97 Å². The van der Waals surface area contributed by atoms with Gasteiger partial charge in [-0.3, -0.25) is 4.98 Å². The van der Waals surface area contributed by atoms with Crippen LogP contribution in [0.1, 0.15) is 17.4 Å². The molecule has 2 heterocycles. The van der Waals surface area contributed by atoms with Crippen LogP contribution < -0.4 is 15.2 Å². The lowest BCUT2D eigenvalue weighted by Gasteiger charge is -2.14. The van der Waals surface area contributed by atoms with E-state index in [1.54, 1.807) is 38.6 Å². The van der Waals surface area contributed by atoms with E-state index in [9.17, 15) is 0 Å². The fourth-order valence-corrected chi connectivity index (χ4v) is 1.58. The number of rotatable bonds is 4. The largest absolute Gasteiger partial charge is 0.495 e. The molecule has 0 aliphatic rings. The van der Waals surface area contributed by atoms with Crippen LogP contribution in [0, 0.1) is 0 Å². The molecule has 1 unspecified atom stereocenters. The van der Waals surface area contributed by atoms with Gasteiger partial charge in [0.15, 0.2) is 0 Å². The molecule has 0 spiro atoms. The lowest BCUT2D eigenvalue weighted by molar-refractivity contribution is 0.394. The maximum Gasteiger partial charge on any atom is 0.216 e. The van der Waals surface area contributed by atoms with Crippen LogP contribution in [0.15, 0.2) is 30.7 Å². The lowest BCUT2D eigenvalue weighted by Crippen LogP contribution is -2.16. The molecule has 6 heteroatoms. The molecular weight excluding hydrogens is 232 g/mol. The molecule has 2 rings (SSSR count). The van der Waals surface area contributed by atoms with E-state index in [4.69, 9.17) is 15.2 Å². The van der Waals surface area contributed by atoms with E-state index in [1.165, 1.54) is 6.33 Å². The summed E-state index contributed by atoms with van der Waals surface area (Å²) in [5.41, 5.74) is 7.38. The van der Waals surface area contributed by atoms with Crippen LogP contribution in [0.3, 0.4) is 0 Å². The van der Waals surface area contributed by atoms with Gasteiger partial charge in [0.25, 0.3) is 0 Å². The summed E-state index contributed by atoms with van der Waals surface area (Å²) in [6, 6.07) is 4.78. The number of nitrogens with zero attached hydrogens (tertiary/aromatic N) is 3. The van der Waals surface area contributed by atoms with Crippen molar-refractivity contribution in [1.29, 1.82) is 0 Å². The summed E-state index contributed by atoms with van der Waals surface area (Å²) in [6.45, 7) is 0. The van der Waals surface area contributed by atoms with Gasteiger partial charge in [0, 0.05) is 12.3 Å². The zero-order chi connectivity index (χ0) is 13.0. The molecule has 6 nitrogen and oxygen atoms in total. The van der Waals surface area contributed by atoms with Crippen molar-refractivity contribution in [3.63, 3.8) is 0 Å². The van der Waals surface area contributed by atoms with E-state index < -0.39 is 6.04 Å². The Morgan fingerprint density at radius 3 is 2.72 bits per heavy atom. The molecule has 0 aromatic carbocycles. The number of ether oxygens (including phenoxy) is 2. The van der Waals surface area contributed by atoms with Gasteiger partial charge in [-0.15, -0.1) is 0 Å². The first kappa shape index (κ1) is 12.3. The SMILES string of the molecule is COc1cc(C(N)c2ncccc2OC)ncn1. The van der Waals surface area contributed by atoms with E-state index in [2.05, 4.69) is 15.0 Å². The minimum Gasteiger partial charge on any atom is -0.495 e. The Morgan fingerprint density at radius 1 is 1.17 bits per heavy atom. The van der Waals surface area contributed by atoms with E-state index in [1.807, 2.05) is 0 Å². The molecule has 0 amide bonds. The quantitative estimate of drug-likeness (QED) is 0.864. The first-order valence-corrected chi connectivity index (χ1v) is 5.36. The molecule has 1 atom stereocenters. The van der Waals surface area contributed by atoms with Crippen molar-refractivity contribution in [2.24, 2.45) is 5.73 Å². The molecule has 0 saturated carbocycles. The summed E-state index contributed by atoms with van der Waals surface area (Å²) < 4.78 is 10.3. The third kappa shape index (κ3) is 2.38. The van der Waals surface area contributed by atoms with E-state index in [-0.39, 0.29) is 0 Å². The number of hydrogen-bond acceptors (Lipinski definition) is 6. The number of nitrogens with two attached hydrogens (primary N) is 1. The number of hydrogen-bond donors (Lipinski definition) is 1. The molecule has 94 valence electrons. The molecule has 0 aliphatic heterocycles. The predicted molar refractivity (Wildman–Crippen MR) is 65.4 cm³/mol. The third-order valence-electron chi connectivity index (χ3n) is 2.51. The monoisotopic (exact) mass is 246 g/mol. The fraction of sp³-hybridized carbons (Fsp3) is 0.250. The molecule has 0 radical (unpaired) electrons. The first-order valence-electron chi connectivity index (χ1n) is 5.36. The molecule has 0 saturated heterocycles. The van der Waals surface area contributed by atoms with Crippen LogP contribution in [0.2, 0.25) is 0 Å². The van der Waals surface area contributed by atoms with Gasteiger partial charge in [0.05, 0.1) is 26.0 Å². The Labute approximate surface area is 105 Å². The van der Waals surface area contributed by atoms with Crippen LogP contribution in [0.4, 0.5) is 0 Å². The van der Waals surface area contributed by atoms with Crippen molar-refractivity contribution in [1.82, 2.24) is 15.0 Å². The zero-order valence-corrected chi connectivity index (χ0v) is 10.2.